The summed E-state index contributed by atoms with van der Waals surface area (Å²) in [5.41, 5.74) is 9.16. The van der Waals surface area contributed by atoms with Crippen LogP contribution in [0.3, 0.4) is 0 Å². The van der Waals surface area contributed by atoms with Crippen LogP contribution in [0, 0.1) is 13.8 Å². The van der Waals surface area contributed by atoms with Crippen molar-refractivity contribution in [1.82, 2.24) is 10.1 Å². The monoisotopic (exact) mass is 255 g/mol. The number of pyridine rings is 1. The molecule has 0 unspecified atom stereocenters. The molecule has 96 valence electrons. The highest BCUT2D eigenvalue weighted by Crippen LogP contribution is 2.38. The van der Waals surface area contributed by atoms with Crippen molar-refractivity contribution in [2.75, 3.05) is 5.73 Å². The number of nitrogen functional groups attached to an aromatic ring is 1. The first kappa shape index (κ1) is 11.5. The summed E-state index contributed by atoms with van der Waals surface area (Å²) in [6.45, 7) is 3.79. The third-order valence-electron chi connectivity index (χ3n) is 2.98. The molecule has 2 N–H and O–H groups in total. The van der Waals surface area contributed by atoms with E-state index in [0.717, 1.165) is 28.2 Å². The number of nitrogens with two attached hydrogens (primary N) is 1. The molecule has 0 fully saturated rings. The van der Waals surface area contributed by atoms with Crippen molar-refractivity contribution in [3.63, 3.8) is 0 Å². The Kier molecular flexibility index (Phi) is 2.59. The summed E-state index contributed by atoms with van der Waals surface area (Å²) in [7, 11) is 0. The molecule has 0 amide bonds. The van der Waals surface area contributed by atoms with E-state index < -0.39 is 0 Å². The van der Waals surface area contributed by atoms with E-state index in [0.29, 0.717) is 11.6 Å². The van der Waals surface area contributed by atoms with E-state index in [2.05, 4.69) is 10.1 Å². The zero-order valence-electron chi connectivity index (χ0n) is 10.7. The van der Waals surface area contributed by atoms with E-state index in [1.807, 2.05) is 32.0 Å². The fourth-order valence-electron chi connectivity index (χ4n) is 2.15. The lowest BCUT2D eigenvalue weighted by molar-refractivity contribution is 0.439. The van der Waals surface area contributed by atoms with Crippen LogP contribution in [-0.4, -0.2) is 10.1 Å². The Labute approximate surface area is 110 Å². The Hall–Kier alpha value is -2.56. The average Bonchev–Trinajstić information content (AvgIpc) is 2.93. The van der Waals surface area contributed by atoms with E-state index in [-0.39, 0.29) is 0 Å². The van der Waals surface area contributed by atoms with Crippen LogP contribution in [0.5, 0.6) is 0 Å². The van der Waals surface area contributed by atoms with E-state index >= 15 is 0 Å². The molecular weight excluding hydrogens is 242 g/mol. The number of hydrogen-bond donors (Lipinski definition) is 1. The van der Waals surface area contributed by atoms with Crippen molar-refractivity contribution in [3.8, 4) is 22.4 Å². The smallest absolute Gasteiger partial charge is 0.230 e. The Morgan fingerprint density at radius 3 is 2.53 bits per heavy atom. The molecule has 0 aliphatic carbocycles. The molecule has 0 saturated heterocycles. The molecule has 0 saturated carbocycles. The standard InChI is InChI=1S/C14H13N3O2/c1-8-7-11(9(2)18-8)13-12(14(15)19-17-13)10-3-5-16-6-4-10/h3-7H,15H2,1-2H3. The van der Waals surface area contributed by atoms with Gasteiger partial charge in [0.15, 0.2) is 0 Å². The molecule has 5 heteroatoms. The third kappa shape index (κ3) is 1.89. The second kappa shape index (κ2) is 4.28. The number of aryl methyl sites for hydroxylation is 2. The molecular formula is C14H13N3O2. The zero-order valence-corrected chi connectivity index (χ0v) is 10.7. The minimum atomic E-state index is 0.291. The lowest BCUT2D eigenvalue weighted by Crippen LogP contribution is -1.88. The maximum absolute atomic E-state index is 5.89. The second-order valence-electron chi connectivity index (χ2n) is 4.33. The molecule has 0 radical (unpaired) electrons. The van der Waals surface area contributed by atoms with Gasteiger partial charge in [-0.15, -0.1) is 0 Å². The normalized spacial score (nSPS) is 10.8. The summed E-state index contributed by atoms with van der Waals surface area (Å²) in [6.07, 6.45) is 3.41. The van der Waals surface area contributed by atoms with Gasteiger partial charge in [0.2, 0.25) is 5.88 Å². The molecule has 0 spiro atoms. The minimum Gasteiger partial charge on any atom is -0.466 e. The highest BCUT2D eigenvalue weighted by molar-refractivity contribution is 5.87. The first-order chi connectivity index (χ1) is 9.16. The number of furan rings is 1. The maximum Gasteiger partial charge on any atom is 0.230 e. The summed E-state index contributed by atoms with van der Waals surface area (Å²) in [4.78, 5) is 4.00. The SMILES string of the molecule is Cc1cc(-c2noc(N)c2-c2ccncc2)c(C)o1. The van der Waals surface area contributed by atoms with E-state index in [9.17, 15) is 0 Å². The first-order valence-electron chi connectivity index (χ1n) is 5.89. The molecule has 3 aromatic rings. The van der Waals surface area contributed by atoms with Crippen LogP contribution in [0.15, 0.2) is 39.5 Å². The molecule has 0 aliphatic heterocycles. The summed E-state index contributed by atoms with van der Waals surface area (Å²) in [5.74, 6) is 1.91. The van der Waals surface area contributed by atoms with Gasteiger partial charge in [0.05, 0.1) is 5.56 Å². The Morgan fingerprint density at radius 1 is 1.16 bits per heavy atom. The van der Waals surface area contributed by atoms with Gasteiger partial charge in [-0.05, 0) is 37.6 Å². The molecule has 19 heavy (non-hydrogen) atoms. The van der Waals surface area contributed by atoms with Crippen LogP contribution < -0.4 is 5.73 Å². The van der Waals surface area contributed by atoms with Gasteiger partial charge in [-0.3, -0.25) is 4.98 Å². The topological polar surface area (TPSA) is 78.1 Å². The fourth-order valence-corrected chi connectivity index (χ4v) is 2.15. The fraction of sp³-hybridized carbons (Fsp3) is 0.143. The van der Waals surface area contributed by atoms with Crippen molar-refractivity contribution < 1.29 is 8.94 Å². The largest absolute Gasteiger partial charge is 0.466 e. The quantitative estimate of drug-likeness (QED) is 0.760. The lowest BCUT2D eigenvalue weighted by atomic mass is 10.0. The van der Waals surface area contributed by atoms with Crippen LogP contribution in [0.2, 0.25) is 0 Å². The Morgan fingerprint density at radius 2 is 1.89 bits per heavy atom. The molecule has 5 nitrogen and oxygen atoms in total. The Balaban J connectivity index is 2.22. The molecule has 3 aromatic heterocycles. The van der Waals surface area contributed by atoms with Gasteiger partial charge in [0, 0.05) is 18.0 Å². The number of aromatic nitrogens is 2. The van der Waals surface area contributed by atoms with Gasteiger partial charge in [-0.2, -0.15) is 0 Å². The zero-order chi connectivity index (χ0) is 13.4. The maximum atomic E-state index is 5.89. The molecule has 3 heterocycles. The van der Waals surface area contributed by atoms with Crippen LogP contribution in [0.25, 0.3) is 22.4 Å². The van der Waals surface area contributed by atoms with Crippen molar-refractivity contribution in [3.05, 3.63) is 42.1 Å². The number of hydrogen-bond acceptors (Lipinski definition) is 5. The highest BCUT2D eigenvalue weighted by Gasteiger charge is 2.20. The van der Waals surface area contributed by atoms with Gasteiger partial charge in [-0.1, -0.05) is 5.16 Å². The van der Waals surface area contributed by atoms with Gasteiger partial charge in [-0.25, -0.2) is 0 Å². The van der Waals surface area contributed by atoms with Gasteiger partial charge < -0.3 is 14.7 Å². The van der Waals surface area contributed by atoms with Crippen LogP contribution in [0.4, 0.5) is 5.88 Å². The summed E-state index contributed by atoms with van der Waals surface area (Å²) in [5, 5.41) is 4.06. The van der Waals surface area contributed by atoms with Gasteiger partial charge in [0.1, 0.15) is 17.2 Å². The second-order valence-corrected chi connectivity index (χ2v) is 4.33. The van der Waals surface area contributed by atoms with Crippen LogP contribution in [-0.2, 0) is 0 Å². The Bertz CT molecular complexity index is 714. The molecule has 0 bridgehead atoms. The minimum absolute atomic E-state index is 0.291. The first-order valence-corrected chi connectivity index (χ1v) is 5.89. The van der Waals surface area contributed by atoms with Gasteiger partial charge in [0.25, 0.3) is 0 Å². The molecule has 0 atom stereocenters. The van der Waals surface area contributed by atoms with Gasteiger partial charge >= 0.3 is 0 Å². The number of rotatable bonds is 2. The average molecular weight is 255 g/mol. The van der Waals surface area contributed by atoms with E-state index in [1.165, 1.54) is 0 Å². The van der Waals surface area contributed by atoms with E-state index in [4.69, 9.17) is 14.7 Å². The molecule has 0 aliphatic rings. The highest BCUT2D eigenvalue weighted by atomic mass is 16.5. The number of anilines is 1. The van der Waals surface area contributed by atoms with Crippen LogP contribution in [0.1, 0.15) is 11.5 Å². The van der Waals surface area contributed by atoms with Crippen LogP contribution >= 0.6 is 0 Å². The lowest BCUT2D eigenvalue weighted by Gasteiger charge is -2.00. The predicted octanol–water partition coefficient (Wildman–Crippen LogP) is 3.20. The number of nitrogens with zero attached hydrogens (tertiary/aromatic N) is 2. The summed E-state index contributed by atoms with van der Waals surface area (Å²) < 4.78 is 10.7. The summed E-state index contributed by atoms with van der Waals surface area (Å²) >= 11 is 0. The summed E-state index contributed by atoms with van der Waals surface area (Å²) in [6, 6.07) is 5.67. The third-order valence-corrected chi connectivity index (χ3v) is 2.98. The van der Waals surface area contributed by atoms with Crippen molar-refractivity contribution in [1.29, 1.82) is 0 Å². The van der Waals surface area contributed by atoms with Crippen molar-refractivity contribution >= 4 is 5.88 Å². The van der Waals surface area contributed by atoms with Crippen molar-refractivity contribution in [2.24, 2.45) is 0 Å². The molecule has 3 rings (SSSR count). The molecule has 0 aromatic carbocycles. The predicted molar refractivity (Wildman–Crippen MR) is 71.3 cm³/mol. The van der Waals surface area contributed by atoms with Crippen molar-refractivity contribution in [2.45, 2.75) is 13.8 Å². The van der Waals surface area contributed by atoms with E-state index in [1.54, 1.807) is 12.4 Å².